The second-order valence-corrected chi connectivity index (χ2v) is 5.88. The highest BCUT2D eigenvalue weighted by Crippen LogP contribution is 2.39. The van der Waals surface area contributed by atoms with E-state index in [1.807, 2.05) is 12.1 Å². The molecule has 0 aliphatic heterocycles. The van der Waals surface area contributed by atoms with Gasteiger partial charge in [0.05, 0.1) is 11.6 Å². The van der Waals surface area contributed by atoms with Gasteiger partial charge in [-0.25, -0.2) is 0 Å². The van der Waals surface area contributed by atoms with Crippen LogP contribution in [0.4, 0.5) is 0 Å². The number of nitrogens with zero attached hydrogens (tertiary/aromatic N) is 2. The molecule has 2 N–H and O–H groups in total. The minimum absolute atomic E-state index is 0.0811. The maximum atomic E-state index is 6.10. The Kier molecular flexibility index (Phi) is 2.43. The summed E-state index contributed by atoms with van der Waals surface area (Å²) in [7, 11) is 0. The molecule has 1 aliphatic carbocycles. The van der Waals surface area contributed by atoms with Crippen molar-refractivity contribution in [2.45, 2.75) is 18.9 Å². The van der Waals surface area contributed by atoms with E-state index in [1.54, 1.807) is 11.3 Å². The first-order valence-corrected chi connectivity index (χ1v) is 7.26. The van der Waals surface area contributed by atoms with Gasteiger partial charge < -0.3 is 10.3 Å². The van der Waals surface area contributed by atoms with E-state index in [2.05, 4.69) is 27.7 Å². The van der Waals surface area contributed by atoms with Crippen molar-refractivity contribution >= 4 is 21.4 Å². The number of fused-ring (bicyclic) bond motifs is 1. The molecule has 1 aliphatic rings. The van der Waals surface area contributed by atoms with Gasteiger partial charge in [0.2, 0.25) is 0 Å². The molecule has 0 bridgehead atoms. The number of hydrogen-bond donors (Lipinski definition) is 1. The van der Waals surface area contributed by atoms with Crippen LogP contribution in [0, 0.1) is 5.92 Å². The Hall–Kier alpha value is -1.72. The molecule has 3 aromatic rings. The number of nitrogens with two attached hydrogens (primary N) is 1. The van der Waals surface area contributed by atoms with Gasteiger partial charge in [-0.2, -0.15) is 4.98 Å². The van der Waals surface area contributed by atoms with E-state index in [4.69, 9.17) is 10.3 Å². The van der Waals surface area contributed by atoms with Crippen LogP contribution in [-0.4, -0.2) is 10.1 Å². The zero-order chi connectivity index (χ0) is 12.8. The summed E-state index contributed by atoms with van der Waals surface area (Å²) in [6.45, 7) is 0. The minimum Gasteiger partial charge on any atom is -0.334 e. The molecule has 0 amide bonds. The third-order valence-corrected chi connectivity index (χ3v) is 4.54. The van der Waals surface area contributed by atoms with Gasteiger partial charge in [0.25, 0.3) is 5.89 Å². The van der Waals surface area contributed by atoms with Crippen molar-refractivity contribution in [2.24, 2.45) is 11.7 Å². The predicted octanol–water partition coefficient (Wildman–Crippen LogP) is 3.36. The summed E-state index contributed by atoms with van der Waals surface area (Å²) in [5.74, 6) is 1.74. The number of benzene rings is 1. The summed E-state index contributed by atoms with van der Waals surface area (Å²) in [5, 5.41) is 7.25. The van der Waals surface area contributed by atoms with Crippen molar-refractivity contribution in [3.63, 3.8) is 0 Å². The van der Waals surface area contributed by atoms with Crippen LogP contribution < -0.4 is 5.73 Å². The largest absolute Gasteiger partial charge is 0.334 e. The Morgan fingerprint density at radius 2 is 2.16 bits per heavy atom. The van der Waals surface area contributed by atoms with Crippen molar-refractivity contribution in [2.75, 3.05) is 0 Å². The maximum absolute atomic E-state index is 6.10. The van der Waals surface area contributed by atoms with Crippen LogP contribution in [0.1, 0.15) is 24.7 Å². The Labute approximate surface area is 114 Å². The second-order valence-electron chi connectivity index (χ2n) is 4.97. The van der Waals surface area contributed by atoms with Gasteiger partial charge in [-0.3, -0.25) is 0 Å². The maximum Gasteiger partial charge on any atom is 0.259 e. The molecule has 2 aromatic heterocycles. The molecule has 4 nitrogen and oxygen atoms in total. The Balaban J connectivity index is 1.75. The lowest BCUT2D eigenvalue weighted by Crippen LogP contribution is -2.13. The Morgan fingerprint density at radius 1 is 1.32 bits per heavy atom. The van der Waals surface area contributed by atoms with Gasteiger partial charge in [0, 0.05) is 15.5 Å². The van der Waals surface area contributed by atoms with Gasteiger partial charge in [-0.15, -0.1) is 11.3 Å². The Bertz CT molecular complexity index is 729. The van der Waals surface area contributed by atoms with Gasteiger partial charge in [0.15, 0.2) is 5.82 Å². The number of thiophene rings is 1. The fraction of sp³-hybridized carbons (Fsp3) is 0.286. The standard InChI is InChI=1S/C14H13N3OS/c15-12(8-5-6-8)13-16-14(18-17-13)10-7-19-11-4-2-1-3-9(10)11/h1-4,7-8,12H,5-6,15H2. The summed E-state index contributed by atoms with van der Waals surface area (Å²) in [6.07, 6.45) is 2.35. The van der Waals surface area contributed by atoms with E-state index in [9.17, 15) is 0 Å². The molecule has 1 unspecified atom stereocenters. The highest BCUT2D eigenvalue weighted by molar-refractivity contribution is 7.17. The fourth-order valence-electron chi connectivity index (χ4n) is 2.29. The van der Waals surface area contributed by atoms with Crippen LogP contribution in [0.5, 0.6) is 0 Å². The van der Waals surface area contributed by atoms with Gasteiger partial charge >= 0.3 is 0 Å². The molecule has 1 atom stereocenters. The first-order valence-electron chi connectivity index (χ1n) is 6.39. The summed E-state index contributed by atoms with van der Waals surface area (Å²) in [4.78, 5) is 4.47. The van der Waals surface area contributed by atoms with Crippen molar-refractivity contribution < 1.29 is 4.52 Å². The third-order valence-electron chi connectivity index (χ3n) is 3.58. The number of rotatable bonds is 3. The normalized spacial score (nSPS) is 16.9. The summed E-state index contributed by atoms with van der Waals surface area (Å²) < 4.78 is 6.61. The van der Waals surface area contributed by atoms with E-state index < -0.39 is 0 Å². The molecule has 1 saturated carbocycles. The predicted molar refractivity (Wildman–Crippen MR) is 74.8 cm³/mol. The molecular formula is C14H13N3OS. The molecule has 1 aromatic carbocycles. The number of aromatic nitrogens is 2. The molecule has 19 heavy (non-hydrogen) atoms. The summed E-state index contributed by atoms with van der Waals surface area (Å²) >= 11 is 1.69. The van der Waals surface area contributed by atoms with Crippen LogP contribution >= 0.6 is 11.3 Å². The molecule has 0 saturated heterocycles. The van der Waals surface area contributed by atoms with Crippen LogP contribution in [0.25, 0.3) is 21.5 Å². The molecular weight excluding hydrogens is 258 g/mol. The molecule has 4 rings (SSSR count). The SMILES string of the molecule is NC(c1noc(-c2csc3ccccc23)n1)C1CC1. The molecule has 2 heterocycles. The van der Waals surface area contributed by atoms with Gasteiger partial charge in [-0.1, -0.05) is 23.4 Å². The first-order chi connectivity index (χ1) is 9.33. The fourth-order valence-corrected chi connectivity index (χ4v) is 3.22. The first kappa shape index (κ1) is 11.1. The van der Waals surface area contributed by atoms with Crippen molar-refractivity contribution in [3.05, 3.63) is 35.5 Å². The van der Waals surface area contributed by atoms with Crippen molar-refractivity contribution in [3.8, 4) is 11.5 Å². The van der Waals surface area contributed by atoms with Crippen LogP contribution in [-0.2, 0) is 0 Å². The lowest BCUT2D eigenvalue weighted by Gasteiger charge is -2.01. The molecule has 5 heteroatoms. The zero-order valence-electron chi connectivity index (χ0n) is 10.2. The second kappa shape index (κ2) is 4.15. The minimum atomic E-state index is -0.0811. The molecule has 1 fully saturated rings. The highest BCUT2D eigenvalue weighted by atomic mass is 32.1. The van der Waals surface area contributed by atoms with Crippen LogP contribution in [0.15, 0.2) is 34.2 Å². The summed E-state index contributed by atoms with van der Waals surface area (Å²) in [6, 6.07) is 8.14. The van der Waals surface area contributed by atoms with E-state index >= 15 is 0 Å². The quantitative estimate of drug-likeness (QED) is 0.793. The van der Waals surface area contributed by atoms with E-state index in [1.165, 1.54) is 17.5 Å². The molecule has 0 spiro atoms. The van der Waals surface area contributed by atoms with Gasteiger partial charge in [0.1, 0.15) is 0 Å². The van der Waals surface area contributed by atoms with E-state index in [0.29, 0.717) is 17.6 Å². The van der Waals surface area contributed by atoms with Crippen LogP contribution in [0.3, 0.4) is 0 Å². The smallest absolute Gasteiger partial charge is 0.259 e. The number of hydrogen-bond acceptors (Lipinski definition) is 5. The average Bonchev–Trinajstić information content (AvgIpc) is 3.01. The van der Waals surface area contributed by atoms with E-state index in [0.717, 1.165) is 10.9 Å². The molecule has 96 valence electrons. The molecule has 0 radical (unpaired) electrons. The zero-order valence-corrected chi connectivity index (χ0v) is 11.1. The topological polar surface area (TPSA) is 64.9 Å². The lowest BCUT2D eigenvalue weighted by molar-refractivity contribution is 0.412. The lowest BCUT2D eigenvalue weighted by atomic mass is 10.1. The van der Waals surface area contributed by atoms with Crippen molar-refractivity contribution in [1.29, 1.82) is 0 Å². The van der Waals surface area contributed by atoms with Crippen LogP contribution in [0.2, 0.25) is 0 Å². The Morgan fingerprint density at radius 3 is 3.00 bits per heavy atom. The summed E-state index contributed by atoms with van der Waals surface area (Å²) in [5.41, 5.74) is 7.10. The monoisotopic (exact) mass is 271 g/mol. The van der Waals surface area contributed by atoms with Gasteiger partial charge in [-0.05, 0) is 24.8 Å². The third kappa shape index (κ3) is 1.86. The highest BCUT2D eigenvalue weighted by Gasteiger charge is 2.32. The van der Waals surface area contributed by atoms with E-state index in [-0.39, 0.29) is 6.04 Å². The van der Waals surface area contributed by atoms with Crippen molar-refractivity contribution in [1.82, 2.24) is 10.1 Å². The average molecular weight is 271 g/mol.